The van der Waals surface area contributed by atoms with Crippen molar-refractivity contribution in [2.24, 2.45) is 0 Å². The maximum absolute atomic E-state index is 13.2. The lowest BCUT2D eigenvalue weighted by Crippen LogP contribution is -2.43. The average Bonchev–Trinajstić information content (AvgIpc) is 3.32. The van der Waals surface area contributed by atoms with Crippen molar-refractivity contribution in [3.63, 3.8) is 0 Å². The first kappa shape index (κ1) is 28.2. The summed E-state index contributed by atoms with van der Waals surface area (Å²) < 4.78 is 24.4. The van der Waals surface area contributed by atoms with Gasteiger partial charge in [-0.25, -0.2) is 19.2 Å². The standard InChI is InChI=1S/C31H26N2O9/c1-19-17-24(34)32-31(38)33(19)27-26(42-30(37)22-15-9-4-10-16-22)25(41-29(36)21-13-7-3-8-14-21)23(40-27)18-39-28(35)20-11-5-2-6-12-20/h2-17,23,25-27H,18H2,1H3,(H,32,34,38). The Hall–Kier alpha value is -5.29. The number of aromatic amines is 1. The van der Waals surface area contributed by atoms with Gasteiger partial charge in [-0.05, 0) is 43.3 Å². The monoisotopic (exact) mass is 570 g/mol. The molecule has 0 spiro atoms. The third-order valence-corrected chi connectivity index (χ3v) is 6.60. The largest absolute Gasteiger partial charge is 0.459 e. The summed E-state index contributed by atoms with van der Waals surface area (Å²) in [5, 5.41) is 0. The molecule has 5 rings (SSSR count). The van der Waals surface area contributed by atoms with Gasteiger partial charge < -0.3 is 18.9 Å². The van der Waals surface area contributed by atoms with Crippen LogP contribution < -0.4 is 11.2 Å². The van der Waals surface area contributed by atoms with Crippen LogP contribution in [0.1, 0.15) is 43.0 Å². The van der Waals surface area contributed by atoms with Crippen LogP contribution in [0.5, 0.6) is 0 Å². The van der Waals surface area contributed by atoms with Crippen molar-refractivity contribution in [3.05, 3.63) is 140 Å². The highest BCUT2D eigenvalue weighted by Crippen LogP contribution is 2.35. The number of hydrogen-bond donors (Lipinski definition) is 1. The first-order valence-electron chi connectivity index (χ1n) is 13.0. The van der Waals surface area contributed by atoms with E-state index in [1.165, 1.54) is 25.1 Å². The Bertz CT molecular complexity index is 1680. The Labute approximate surface area is 239 Å². The van der Waals surface area contributed by atoms with Gasteiger partial charge in [0.05, 0.1) is 16.7 Å². The molecule has 3 aromatic carbocycles. The molecule has 0 radical (unpaired) electrons. The van der Waals surface area contributed by atoms with E-state index in [1.807, 2.05) is 0 Å². The van der Waals surface area contributed by atoms with Crippen molar-refractivity contribution in [1.29, 1.82) is 0 Å². The number of nitrogens with one attached hydrogen (secondary N) is 1. The van der Waals surface area contributed by atoms with Crippen LogP contribution in [0.25, 0.3) is 0 Å². The summed E-state index contributed by atoms with van der Waals surface area (Å²) in [6.45, 7) is 1.09. The third kappa shape index (κ3) is 6.21. The smallest absolute Gasteiger partial charge is 0.338 e. The summed E-state index contributed by atoms with van der Waals surface area (Å²) >= 11 is 0. The molecule has 4 aromatic rings. The Kier molecular flexibility index (Phi) is 8.39. The van der Waals surface area contributed by atoms with Crippen LogP contribution in [0.3, 0.4) is 0 Å². The van der Waals surface area contributed by atoms with E-state index < -0.39 is 60.3 Å². The van der Waals surface area contributed by atoms with Crippen molar-refractivity contribution >= 4 is 17.9 Å². The average molecular weight is 571 g/mol. The van der Waals surface area contributed by atoms with Crippen LogP contribution in [0.2, 0.25) is 0 Å². The summed E-state index contributed by atoms with van der Waals surface area (Å²) in [7, 11) is 0. The molecular weight excluding hydrogens is 544 g/mol. The molecule has 0 saturated carbocycles. The lowest BCUT2D eigenvalue weighted by Gasteiger charge is -2.25. The zero-order chi connectivity index (χ0) is 29.6. The molecule has 0 aliphatic carbocycles. The predicted molar refractivity (Wildman–Crippen MR) is 148 cm³/mol. The second-order valence-electron chi connectivity index (χ2n) is 9.45. The highest BCUT2D eigenvalue weighted by molar-refractivity contribution is 5.91. The lowest BCUT2D eigenvalue weighted by atomic mass is 10.1. The predicted octanol–water partition coefficient (Wildman–Crippen LogP) is 3.05. The molecule has 4 unspecified atom stereocenters. The molecular formula is C31H26N2O9. The Morgan fingerprint density at radius 2 is 1.21 bits per heavy atom. The minimum absolute atomic E-state index is 0.199. The minimum Gasteiger partial charge on any atom is -0.459 e. The van der Waals surface area contributed by atoms with Crippen molar-refractivity contribution in [3.8, 4) is 0 Å². The fourth-order valence-corrected chi connectivity index (χ4v) is 4.60. The topological polar surface area (TPSA) is 143 Å². The van der Waals surface area contributed by atoms with Gasteiger partial charge in [0.25, 0.3) is 5.56 Å². The van der Waals surface area contributed by atoms with E-state index >= 15 is 0 Å². The van der Waals surface area contributed by atoms with E-state index in [0.29, 0.717) is 0 Å². The fraction of sp³-hybridized carbons (Fsp3) is 0.194. The van der Waals surface area contributed by atoms with Crippen molar-refractivity contribution in [2.75, 3.05) is 6.61 Å². The second kappa shape index (κ2) is 12.5. The molecule has 11 heteroatoms. The third-order valence-electron chi connectivity index (χ3n) is 6.60. The maximum Gasteiger partial charge on any atom is 0.338 e. The number of carbonyl (C=O) groups is 3. The van der Waals surface area contributed by atoms with Crippen LogP contribution in [0, 0.1) is 6.92 Å². The number of hydrogen-bond acceptors (Lipinski definition) is 9. The molecule has 42 heavy (non-hydrogen) atoms. The number of benzene rings is 3. The Balaban J connectivity index is 1.52. The lowest BCUT2D eigenvalue weighted by molar-refractivity contribution is -0.0648. The van der Waals surface area contributed by atoms with Gasteiger partial charge in [0.2, 0.25) is 0 Å². The fourth-order valence-electron chi connectivity index (χ4n) is 4.60. The van der Waals surface area contributed by atoms with Gasteiger partial charge in [0, 0.05) is 11.8 Å². The molecule has 1 aliphatic rings. The van der Waals surface area contributed by atoms with Gasteiger partial charge in [0.15, 0.2) is 18.4 Å². The number of esters is 3. The number of carbonyl (C=O) groups excluding carboxylic acids is 3. The quantitative estimate of drug-likeness (QED) is 0.250. The molecule has 1 aromatic heterocycles. The number of ether oxygens (including phenoxy) is 4. The van der Waals surface area contributed by atoms with Crippen molar-refractivity contribution in [2.45, 2.75) is 31.5 Å². The molecule has 1 fully saturated rings. The molecule has 11 nitrogen and oxygen atoms in total. The van der Waals surface area contributed by atoms with Crippen molar-refractivity contribution in [1.82, 2.24) is 9.55 Å². The van der Waals surface area contributed by atoms with E-state index in [0.717, 1.165) is 4.57 Å². The number of H-pyrrole nitrogens is 1. The summed E-state index contributed by atoms with van der Waals surface area (Å²) in [6, 6.07) is 25.6. The van der Waals surface area contributed by atoms with Crippen LogP contribution in [-0.2, 0) is 18.9 Å². The van der Waals surface area contributed by atoms with Crippen LogP contribution in [0.4, 0.5) is 0 Å². The highest BCUT2D eigenvalue weighted by Gasteiger charge is 2.52. The number of nitrogens with zero attached hydrogens (tertiary/aromatic N) is 1. The molecule has 1 saturated heterocycles. The van der Waals surface area contributed by atoms with E-state index in [-0.39, 0.29) is 22.4 Å². The highest BCUT2D eigenvalue weighted by atomic mass is 16.7. The van der Waals surface area contributed by atoms with E-state index in [2.05, 4.69) is 4.98 Å². The van der Waals surface area contributed by atoms with E-state index in [4.69, 9.17) is 18.9 Å². The van der Waals surface area contributed by atoms with Crippen molar-refractivity contribution < 1.29 is 33.3 Å². The molecule has 0 bridgehead atoms. The summed E-state index contributed by atoms with van der Waals surface area (Å²) in [5.74, 6) is -2.19. The van der Waals surface area contributed by atoms with E-state index in [1.54, 1.807) is 78.9 Å². The second-order valence-corrected chi connectivity index (χ2v) is 9.45. The Morgan fingerprint density at radius 1 is 0.738 bits per heavy atom. The number of aromatic nitrogens is 2. The summed E-state index contributed by atoms with van der Waals surface area (Å²) in [5.41, 5.74) is -0.569. The summed E-state index contributed by atoms with van der Waals surface area (Å²) in [4.78, 5) is 66.2. The van der Waals surface area contributed by atoms with Gasteiger partial charge in [-0.2, -0.15) is 0 Å². The number of rotatable bonds is 8. The summed E-state index contributed by atoms with van der Waals surface area (Å²) in [6.07, 6.45) is -5.22. The van der Waals surface area contributed by atoms with Crippen LogP contribution in [-0.4, -0.2) is 52.4 Å². The number of aryl methyl sites for hydroxylation is 1. The molecule has 4 atom stereocenters. The van der Waals surface area contributed by atoms with Crippen LogP contribution in [0.15, 0.2) is 107 Å². The van der Waals surface area contributed by atoms with Gasteiger partial charge in [-0.3, -0.25) is 14.3 Å². The normalized spacial score (nSPS) is 19.5. The minimum atomic E-state index is -1.38. The van der Waals surface area contributed by atoms with Gasteiger partial charge in [0.1, 0.15) is 12.7 Å². The molecule has 214 valence electrons. The molecule has 0 amide bonds. The zero-order valence-corrected chi connectivity index (χ0v) is 22.4. The molecule has 1 N–H and O–H groups in total. The maximum atomic E-state index is 13.2. The van der Waals surface area contributed by atoms with Crippen LogP contribution >= 0.6 is 0 Å². The Morgan fingerprint density at radius 3 is 1.71 bits per heavy atom. The van der Waals surface area contributed by atoms with Gasteiger partial charge in [-0.1, -0.05) is 54.6 Å². The van der Waals surface area contributed by atoms with Gasteiger partial charge in [-0.15, -0.1) is 0 Å². The SMILES string of the molecule is Cc1cc(=O)[nH]c(=O)n1C1OC(COC(=O)c2ccccc2)C(OC(=O)c2ccccc2)C1OC(=O)c1ccccc1. The van der Waals surface area contributed by atoms with Gasteiger partial charge >= 0.3 is 23.6 Å². The zero-order valence-electron chi connectivity index (χ0n) is 22.4. The first-order chi connectivity index (χ1) is 20.3. The molecule has 1 aliphatic heterocycles. The molecule has 2 heterocycles. The van der Waals surface area contributed by atoms with E-state index in [9.17, 15) is 24.0 Å². The first-order valence-corrected chi connectivity index (χ1v) is 13.0.